The summed E-state index contributed by atoms with van der Waals surface area (Å²) in [4.78, 5) is 22.6. The first-order valence-electron chi connectivity index (χ1n) is 5.05. The molecule has 0 saturated carbocycles. The van der Waals surface area contributed by atoms with Crippen LogP contribution in [0.5, 0.6) is 0 Å². The van der Waals surface area contributed by atoms with Crippen LogP contribution >= 0.6 is 0 Å². The molecule has 0 spiro atoms. The zero-order valence-electron chi connectivity index (χ0n) is 9.89. The Morgan fingerprint density at radius 1 is 1.33 bits per heavy atom. The fraction of sp³-hybridized carbons (Fsp3) is 0.800. The number of carbonyl (C=O) groups is 2. The average molecular weight is 215 g/mol. The summed E-state index contributed by atoms with van der Waals surface area (Å²) in [5.74, 6) is -0.644. The van der Waals surface area contributed by atoms with Crippen LogP contribution in [-0.2, 0) is 9.59 Å². The van der Waals surface area contributed by atoms with Gasteiger partial charge in [0.15, 0.2) is 0 Å². The minimum atomic E-state index is -0.276. The van der Waals surface area contributed by atoms with Gasteiger partial charge in [0.2, 0.25) is 11.8 Å². The number of hydrogen-bond donors (Lipinski definition) is 3. The third-order valence-corrected chi connectivity index (χ3v) is 1.74. The van der Waals surface area contributed by atoms with E-state index in [0.717, 1.165) is 0 Å². The molecule has 4 N–H and O–H groups in total. The Labute approximate surface area is 90.8 Å². The highest BCUT2D eigenvalue weighted by atomic mass is 16.2. The van der Waals surface area contributed by atoms with Crippen LogP contribution < -0.4 is 16.4 Å². The van der Waals surface area contributed by atoms with Gasteiger partial charge in [-0.05, 0) is 20.8 Å². The molecule has 1 unspecified atom stereocenters. The van der Waals surface area contributed by atoms with Crippen LogP contribution in [0.25, 0.3) is 0 Å². The number of rotatable bonds is 4. The van der Waals surface area contributed by atoms with Crippen molar-refractivity contribution in [1.82, 2.24) is 10.6 Å². The first-order valence-corrected chi connectivity index (χ1v) is 5.05. The molecule has 5 heteroatoms. The zero-order valence-corrected chi connectivity index (χ0v) is 9.89. The van der Waals surface area contributed by atoms with E-state index in [9.17, 15) is 9.59 Å². The summed E-state index contributed by atoms with van der Waals surface area (Å²) in [6, 6.07) is 0. The highest BCUT2D eigenvalue weighted by Crippen LogP contribution is 1.97. The molecule has 0 bridgehead atoms. The summed E-state index contributed by atoms with van der Waals surface area (Å²) < 4.78 is 0. The molecule has 2 amide bonds. The number of nitrogens with one attached hydrogen (secondary N) is 2. The lowest BCUT2D eigenvalue weighted by Crippen LogP contribution is -2.47. The van der Waals surface area contributed by atoms with Gasteiger partial charge in [-0.2, -0.15) is 0 Å². The van der Waals surface area contributed by atoms with E-state index in [0.29, 0.717) is 0 Å². The van der Waals surface area contributed by atoms with Crippen LogP contribution in [0.4, 0.5) is 0 Å². The quantitative estimate of drug-likeness (QED) is 0.597. The van der Waals surface area contributed by atoms with Crippen LogP contribution in [0.2, 0.25) is 0 Å². The van der Waals surface area contributed by atoms with Crippen molar-refractivity contribution in [3.8, 4) is 0 Å². The lowest BCUT2D eigenvalue weighted by atomic mass is 10.1. The second-order valence-corrected chi connectivity index (χ2v) is 4.65. The molecule has 0 aliphatic rings. The summed E-state index contributed by atoms with van der Waals surface area (Å²) in [5.41, 5.74) is 5.04. The van der Waals surface area contributed by atoms with Gasteiger partial charge in [-0.3, -0.25) is 9.59 Å². The van der Waals surface area contributed by atoms with Crippen molar-refractivity contribution >= 4 is 11.8 Å². The van der Waals surface area contributed by atoms with Crippen LogP contribution in [-0.4, -0.2) is 30.4 Å². The number of nitrogens with two attached hydrogens (primary N) is 1. The first-order chi connectivity index (χ1) is 6.76. The standard InChI is InChI=1S/C10H21N3O2/c1-7(5-11)9(15)12-6-8(14)13-10(2,3)4/h7H,5-6,11H2,1-4H3,(H,12,15)(H,13,14). The van der Waals surface area contributed by atoms with Gasteiger partial charge < -0.3 is 16.4 Å². The summed E-state index contributed by atoms with van der Waals surface area (Å²) in [5, 5.41) is 5.27. The monoisotopic (exact) mass is 215 g/mol. The predicted molar refractivity (Wildman–Crippen MR) is 59.1 cm³/mol. The molecule has 0 aliphatic carbocycles. The van der Waals surface area contributed by atoms with Gasteiger partial charge in [-0.25, -0.2) is 0 Å². The van der Waals surface area contributed by atoms with Crippen molar-refractivity contribution in [1.29, 1.82) is 0 Å². The maximum Gasteiger partial charge on any atom is 0.239 e. The summed E-state index contributed by atoms with van der Waals surface area (Å²) in [6.45, 7) is 7.66. The van der Waals surface area contributed by atoms with Crippen LogP contribution in [0, 0.1) is 5.92 Å². The third-order valence-electron chi connectivity index (χ3n) is 1.74. The van der Waals surface area contributed by atoms with Crippen LogP contribution in [0.3, 0.4) is 0 Å². The summed E-state index contributed by atoms with van der Waals surface area (Å²) >= 11 is 0. The molecular weight excluding hydrogens is 194 g/mol. The van der Waals surface area contributed by atoms with Crippen molar-refractivity contribution in [2.45, 2.75) is 33.2 Å². The number of carbonyl (C=O) groups excluding carboxylic acids is 2. The minimum Gasteiger partial charge on any atom is -0.350 e. The van der Waals surface area contributed by atoms with E-state index in [1.54, 1.807) is 6.92 Å². The zero-order chi connectivity index (χ0) is 12.1. The Hall–Kier alpha value is -1.10. The van der Waals surface area contributed by atoms with Crippen LogP contribution in [0.1, 0.15) is 27.7 Å². The topological polar surface area (TPSA) is 84.2 Å². The molecule has 0 radical (unpaired) electrons. The van der Waals surface area contributed by atoms with E-state index >= 15 is 0 Å². The Bertz CT molecular complexity index is 233. The van der Waals surface area contributed by atoms with Crippen molar-refractivity contribution < 1.29 is 9.59 Å². The number of hydrogen-bond acceptors (Lipinski definition) is 3. The normalized spacial score (nSPS) is 13.1. The Balaban J connectivity index is 3.87. The molecule has 0 aromatic carbocycles. The molecular formula is C10H21N3O2. The number of amides is 2. The molecule has 0 rings (SSSR count). The lowest BCUT2D eigenvalue weighted by Gasteiger charge is -2.20. The van der Waals surface area contributed by atoms with Gasteiger partial charge in [0.1, 0.15) is 0 Å². The summed E-state index contributed by atoms with van der Waals surface area (Å²) in [7, 11) is 0. The van der Waals surface area contributed by atoms with Gasteiger partial charge >= 0.3 is 0 Å². The van der Waals surface area contributed by atoms with Gasteiger partial charge in [0.25, 0.3) is 0 Å². The Morgan fingerprint density at radius 2 is 1.87 bits per heavy atom. The van der Waals surface area contributed by atoms with Gasteiger partial charge in [0.05, 0.1) is 6.54 Å². The highest BCUT2D eigenvalue weighted by molar-refractivity contribution is 5.85. The third kappa shape index (κ3) is 6.90. The van der Waals surface area contributed by atoms with Crippen LogP contribution in [0.15, 0.2) is 0 Å². The Kier molecular flexibility index (Phi) is 5.28. The van der Waals surface area contributed by atoms with Gasteiger partial charge in [0, 0.05) is 18.0 Å². The van der Waals surface area contributed by atoms with Crippen molar-refractivity contribution in [2.24, 2.45) is 11.7 Å². The molecule has 0 aromatic heterocycles. The van der Waals surface area contributed by atoms with E-state index in [1.165, 1.54) is 0 Å². The SMILES string of the molecule is CC(CN)C(=O)NCC(=O)NC(C)(C)C. The molecule has 15 heavy (non-hydrogen) atoms. The predicted octanol–water partition coefficient (Wildman–Crippen LogP) is -0.388. The largest absolute Gasteiger partial charge is 0.350 e. The Morgan fingerprint density at radius 3 is 2.27 bits per heavy atom. The average Bonchev–Trinajstić information content (AvgIpc) is 2.10. The maximum atomic E-state index is 11.3. The van der Waals surface area contributed by atoms with Gasteiger partial charge in [-0.15, -0.1) is 0 Å². The lowest BCUT2D eigenvalue weighted by molar-refractivity contribution is -0.128. The molecule has 1 atom stereocenters. The smallest absolute Gasteiger partial charge is 0.239 e. The minimum absolute atomic E-state index is 0.000440. The molecule has 0 aromatic rings. The van der Waals surface area contributed by atoms with Gasteiger partial charge in [-0.1, -0.05) is 6.92 Å². The van der Waals surface area contributed by atoms with E-state index in [1.807, 2.05) is 20.8 Å². The molecule has 0 fully saturated rings. The second kappa shape index (κ2) is 5.70. The van der Waals surface area contributed by atoms with E-state index in [-0.39, 0.29) is 36.4 Å². The second-order valence-electron chi connectivity index (χ2n) is 4.65. The fourth-order valence-corrected chi connectivity index (χ4v) is 0.911. The van der Waals surface area contributed by atoms with Crippen molar-refractivity contribution in [2.75, 3.05) is 13.1 Å². The molecule has 0 aliphatic heterocycles. The maximum absolute atomic E-state index is 11.3. The van der Waals surface area contributed by atoms with Crippen molar-refractivity contribution in [3.05, 3.63) is 0 Å². The van der Waals surface area contributed by atoms with E-state index < -0.39 is 0 Å². The fourth-order valence-electron chi connectivity index (χ4n) is 0.911. The first kappa shape index (κ1) is 13.9. The van der Waals surface area contributed by atoms with E-state index in [2.05, 4.69) is 10.6 Å². The molecule has 5 nitrogen and oxygen atoms in total. The highest BCUT2D eigenvalue weighted by Gasteiger charge is 2.15. The van der Waals surface area contributed by atoms with Crippen molar-refractivity contribution in [3.63, 3.8) is 0 Å². The molecule has 0 heterocycles. The molecule has 88 valence electrons. The summed E-state index contributed by atoms with van der Waals surface area (Å²) in [6.07, 6.45) is 0. The van der Waals surface area contributed by atoms with E-state index in [4.69, 9.17) is 5.73 Å². The molecule has 0 saturated heterocycles.